The molecule has 1 atom stereocenters. The van der Waals surface area contributed by atoms with Gasteiger partial charge in [-0.2, -0.15) is 0 Å². The zero-order valence-electron chi connectivity index (χ0n) is 12.1. The SMILES string of the molecule is CNC(=O)CCC(C=O)N1Cc2c(CBr)cc(Br)cc2C1=O. The van der Waals surface area contributed by atoms with Crippen LogP contribution in [-0.4, -0.2) is 36.1 Å². The molecule has 0 saturated heterocycles. The minimum absolute atomic E-state index is 0.139. The van der Waals surface area contributed by atoms with Gasteiger partial charge in [0.05, 0.1) is 6.04 Å². The molecule has 0 spiro atoms. The highest BCUT2D eigenvalue weighted by Gasteiger charge is 2.34. The summed E-state index contributed by atoms with van der Waals surface area (Å²) >= 11 is 6.83. The van der Waals surface area contributed by atoms with Gasteiger partial charge >= 0.3 is 0 Å². The highest BCUT2D eigenvalue weighted by atomic mass is 79.9. The van der Waals surface area contributed by atoms with E-state index in [1.807, 2.05) is 6.07 Å². The number of amides is 2. The molecule has 2 rings (SSSR count). The maximum absolute atomic E-state index is 12.6. The lowest BCUT2D eigenvalue weighted by atomic mass is 10.0. The van der Waals surface area contributed by atoms with Gasteiger partial charge in [-0.05, 0) is 29.7 Å². The number of hydrogen-bond donors (Lipinski definition) is 1. The van der Waals surface area contributed by atoms with Crippen LogP contribution < -0.4 is 5.32 Å². The predicted octanol–water partition coefficient (Wildman–Crippen LogP) is 2.39. The Balaban J connectivity index is 2.22. The second kappa shape index (κ2) is 7.37. The Hall–Kier alpha value is -1.21. The molecule has 1 unspecified atom stereocenters. The lowest BCUT2D eigenvalue weighted by Crippen LogP contribution is -2.37. The highest BCUT2D eigenvalue weighted by molar-refractivity contribution is 9.10. The van der Waals surface area contributed by atoms with Crippen molar-refractivity contribution < 1.29 is 14.4 Å². The third-order valence-electron chi connectivity index (χ3n) is 3.77. The van der Waals surface area contributed by atoms with Gasteiger partial charge in [0.25, 0.3) is 5.91 Å². The van der Waals surface area contributed by atoms with E-state index in [9.17, 15) is 14.4 Å². The van der Waals surface area contributed by atoms with Crippen LogP contribution in [0.5, 0.6) is 0 Å². The summed E-state index contributed by atoms with van der Waals surface area (Å²) in [7, 11) is 1.55. The van der Waals surface area contributed by atoms with Crippen LogP contribution in [-0.2, 0) is 21.5 Å². The smallest absolute Gasteiger partial charge is 0.255 e. The molecule has 1 aliphatic rings. The first-order chi connectivity index (χ1) is 10.5. The number of nitrogens with zero attached hydrogens (tertiary/aromatic N) is 1. The van der Waals surface area contributed by atoms with E-state index in [2.05, 4.69) is 37.2 Å². The van der Waals surface area contributed by atoms with Gasteiger partial charge in [-0.3, -0.25) is 9.59 Å². The van der Waals surface area contributed by atoms with E-state index in [0.29, 0.717) is 23.9 Å². The van der Waals surface area contributed by atoms with Crippen molar-refractivity contribution in [3.8, 4) is 0 Å². The van der Waals surface area contributed by atoms with E-state index in [0.717, 1.165) is 21.9 Å². The summed E-state index contributed by atoms with van der Waals surface area (Å²) in [6, 6.07) is 3.16. The van der Waals surface area contributed by atoms with Crippen LogP contribution in [0.1, 0.15) is 34.3 Å². The normalized spacial score (nSPS) is 14.7. The van der Waals surface area contributed by atoms with Crippen molar-refractivity contribution >= 4 is 50.0 Å². The molecular weight excluding hydrogens is 416 g/mol. The van der Waals surface area contributed by atoms with Crippen molar-refractivity contribution in [1.29, 1.82) is 0 Å². The Morgan fingerprint density at radius 1 is 1.50 bits per heavy atom. The number of fused-ring (bicyclic) bond motifs is 1. The van der Waals surface area contributed by atoms with E-state index in [1.54, 1.807) is 18.0 Å². The fraction of sp³-hybridized carbons (Fsp3) is 0.400. The van der Waals surface area contributed by atoms with E-state index >= 15 is 0 Å². The number of carbonyl (C=O) groups excluding carboxylic acids is 3. The lowest BCUT2D eigenvalue weighted by Gasteiger charge is -2.22. The van der Waals surface area contributed by atoms with Gasteiger partial charge in [0.2, 0.25) is 5.91 Å². The van der Waals surface area contributed by atoms with Gasteiger partial charge in [-0.25, -0.2) is 0 Å². The molecule has 0 aliphatic carbocycles. The monoisotopic (exact) mass is 430 g/mol. The van der Waals surface area contributed by atoms with Crippen molar-refractivity contribution in [2.45, 2.75) is 30.8 Å². The van der Waals surface area contributed by atoms with Gasteiger partial charge in [0, 0.05) is 35.4 Å². The number of aldehydes is 1. The van der Waals surface area contributed by atoms with E-state index < -0.39 is 6.04 Å². The summed E-state index contributed by atoms with van der Waals surface area (Å²) < 4.78 is 0.837. The Bertz CT molecular complexity index is 619. The molecule has 0 saturated carbocycles. The second-order valence-electron chi connectivity index (χ2n) is 5.07. The standard InChI is InChI=1S/C15H16Br2N2O3/c1-18-14(21)3-2-11(8-20)19-7-13-9(6-16)4-10(17)5-12(13)15(19)22/h4-5,8,11H,2-3,6-7H2,1H3,(H,18,21). The average molecular weight is 432 g/mol. The van der Waals surface area contributed by atoms with Gasteiger partial charge in [0.15, 0.2) is 0 Å². The summed E-state index contributed by atoms with van der Waals surface area (Å²) in [4.78, 5) is 36.8. The Morgan fingerprint density at radius 3 is 2.82 bits per heavy atom. The summed E-state index contributed by atoms with van der Waals surface area (Å²) in [5.74, 6) is -0.299. The third kappa shape index (κ3) is 3.41. The van der Waals surface area contributed by atoms with Crippen LogP contribution in [0, 0.1) is 0 Å². The molecule has 1 aliphatic heterocycles. The van der Waals surface area contributed by atoms with Gasteiger partial charge in [0.1, 0.15) is 6.29 Å². The molecule has 7 heteroatoms. The summed E-state index contributed by atoms with van der Waals surface area (Å²) in [6.45, 7) is 0.402. The quantitative estimate of drug-likeness (QED) is 0.555. The van der Waals surface area contributed by atoms with Crippen molar-refractivity contribution in [2.24, 2.45) is 0 Å². The molecule has 0 fully saturated rings. The summed E-state index contributed by atoms with van der Waals surface area (Å²) in [6.07, 6.45) is 1.29. The maximum Gasteiger partial charge on any atom is 0.255 e. The molecule has 1 aromatic carbocycles. The zero-order valence-corrected chi connectivity index (χ0v) is 15.2. The first kappa shape index (κ1) is 17.1. The van der Waals surface area contributed by atoms with Crippen LogP contribution >= 0.6 is 31.9 Å². The molecule has 1 aromatic rings. The molecule has 118 valence electrons. The number of carbonyl (C=O) groups is 3. The van der Waals surface area contributed by atoms with Gasteiger partial charge < -0.3 is 15.0 Å². The maximum atomic E-state index is 12.6. The molecule has 22 heavy (non-hydrogen) atoms. The highest BCUT2D eigenvalue weighted by Crippen LogP contribution is 2.32. The number of benzene rings is 1. The van der Waals surface area contributed by atoms with Crippen LogP contribution in [0.25, 0.3) is 0 Å². The zero-order chi connectivity index (χ0) is 16.3. The van der Waals surface area contributed by atoms with Crippen LogP contribution in [0.2, 0.25) is 0 Å². The topological polar surface area (TPSA) is 66.5 Å². The molecule has 0 radical (unpaired) electrons. The van der Waals surface area contributed by atoms with Crippen LogP contribution in [0.15, 0.2) is 16.6 Å². The van der Waals surface area contributed by atoms with Gasteiger partial charge in [-0.15, -0.1) is 0 Å². The fourth-order valence-electron chi connectivity index (χ4n) is 2.56. The Morgan fingerprint density at radius 2 is 2.23 bits per heavy atom. The first-order valence-corrected chi connectivity index (χ1v) is 8.77. The van der Waals surface area contributed by atoms with Crippen LogP contribution in [0.3, 0.4) is 0 Å². The number of halogens is 2. The van der Waals surface area contributed by atoms with Crippen molar-refractivity contribution in [2.75, 3.05) is 7.05 Å². The van der Waals surface area contributed by atoms with Crippen molar-refractivity contribution in [3.05, 3.63) is 33.3 Å². The Kier molecular flexibility index (Phi) is 5.74. The lowest BCUT2D eigenvalue weighted by molar-refractivity contribution is -0.121. The average Bonchev–Trinajstić information content (AvgIpc) is 2.84. The summed E-state index contributed by atoms with van der Waals surface area (Å²) in [5, 5.41) is 3.16. The molecule has 0 bridgehead atoms. The molecular formula is C15H16Br2N2O3. The Labute approximate surface area is 145 Å². The number of rotatable bonds is 6. The molecule has 5 nitrogen and oxygen atoms in total. The minimum Gasteiger partial charge on any atom is -0.359 e. The largest absolute Gasteiger partial charge is 0.359 e. The van der Waals surface area contributed by atoms with Crippen LogP contribution in [0.4, 0.5) is 0 Å². The number of hydrogen-bond acceptors (Lipinski definition) is 3. The van der Waals surface area contributed by atoms with Crippen molar-refractivity contribution in [3.63, 3.8) is 0 Å². The second-order valence-corrected chi connectivity index (χ2v) is 6.55. The predicted molar refractivity (Wildman–Crippen MR) is 89.8 cm³/mol. The molecule has 1 heterocycles. The molecule has 1 N–H and O–H groups in total. The number of alkyl halides is 1. The third-order valence-corrected chi connectivity index (χ3v) is 4.84. The van der Waals surface area contributed by atoms with Gasteiger partial charge in [-0.1, -0.05) is 31.9 Å². The van der Waals surface area contributed by atoms with E-state index in [4.69, 9.17) is 0 Å². The number of nitrogens with one attached hydrogen (secondary N) is 1. The minimum atomic E-state index is -0.584. The first-order valence-electron chi connectivity index (χ1n) is 6.86. The van der Waals surface area contributed by atoms with Crippen molar-refractivity contribution in [1.82, 2.24) is 10.2 Å². The van der Waals surface area contributed by atoms with E-state index in [1.165, 1.54) is 0 Å². The fourth-order valence-corrected chi connectivity index (χ4v) is 3.56. The van der Waals surface area contributed by atoms with E-state index in [-0.39, 0.29) is 18.2 Å². The molecule has 2 amide bonds. The summed E-state index contributed by atoms with van der Waals surface area (Å²) in [5.41, 5.74) is 2.59. The molecule has 0 aromatic heterocycles.